The standard InChI is InChI=1S/C15H14N4O2/c1-9-2-4-11-12(6-9)18-15(17-11)19-16-8-10-3-5-13(20)14(21)7-10/h2-8,20-21H,1H3,(H2,17,18,19)/b16-8-. The van der Waals surface area contributed by atoms with Gasteiger partial charge in [-0.3, -0.25) is 0 Å². The second-order valence-corrected chi connectivity index (χ2v) is 4.72. The highest BCUT2D eigenvalue weighted by Crippen LogP contribution is 2.24. The smallest absolute Gasteiger partial charge is 0.222 e. The summed E-state index contributed by atoms with van der Waals surface area (Å²) in [6.07, 6.45) is 1.53. The van der Waals surface area contributed by atoms with Crippen molar-refractivity contribution in [2.75, 3.05) is 5.43 Å². The molecule has 0 fully saturated rings. The van der Waals surface area contributed by atoms with Crippen molar-refractivity contribution in [3.8, 4) is 11.5 Å². The Morgan fingerprint density at radius 3 is 2.81 bits per heavy atom. The molecule has 0 radical (unpaired) electrons. The molecule has 0 amide bonds. The van der Waals surface area contributed by atoms with Gasteiger partial charge in [0.05, 0.1) is 17.2 Å². The zero-order valence-electron chi connectivity index (χ0n) is 11.3. The summed E-state index contributed by atoms with van der Waals surface area (Å²) in [5.41, 5.74) is 6.41. The Morgan fingerprint density at radius 2 is 2.00 bits per heavy atom. The second-order valence-electron chi connectivity index (χ2n) is 4.72. The Morgan fingerprint density at radius 1 is 1.14 bits per heavy atom. The molecular weight excluding hydrogens is 268 g/mol. The van der Waals surface area contributed by atoms with Crippen LogP contribution in [-0.4, -0.2) is 26.4 Å². The van der Waals surface area contributed by atoms with Gasteiger partial charge in [0, 0.05) is 0 Å². The summed E-state index contributed by atoms with van der Waals surface area (Å²) in [6, 6.07) is 10.4. The largest absolute Gasteiger partial charge is 0.504 e. The van der Waals surface area contributed by atoms with E-state index in [1.54, 1.807) is 6.07 Å². The van der Waals surface area contributed by atoms with E-state index in [4.69, 9.17) is 0 Å². The Bertz CT molecular complexity index is 824. The predicted molar refractivity (Wildman–Crippen MR) is 81.8 cm³/mol. The fourth-order valence-electron chi connectivity index (χ4n) is 1.97. The molecule has 6 heteroatoms. The monoisotopic (exact) mass is 282 g/mol. The highest BCUT2D eigenvalue weighted by molar-refractivity contribution is 5.82. The average Bonchev–Trinajstić information content (AvgIpc) is 2.84. The fraction of sp³-hybridized carbons (Fsp3) is 0.0667. The van der Waals surface area contributed by atoms with Crippen LogP contribution in [0.1, 0.15) is 11.1 Å². The summed E-state index contributed by atoms with van der Waals surface area (Å²) in [5, 5.41) is 22.7. The molecule has 0 bridgehead atoms. The molecule has 0 saturated carbocycles. The lowest BCUT2D eigenvalue weighted by atomic mass is 10.2. The number of phenols is 2. The summed E-state index contributed by atoms with van der Waals surface area (Å²) in [4.78, 5) is 7.46. The SMILES string of the molecule is Cc1ccc2nc(N/N=C\c3ccc(O)c(O)c3)[nH]c2c1. The molecule has 0 aliphatic carbocycles. The van der Waals surface area contributed by atoms with Gasteiger partial charge < -0.3 is 15.2 Å². The number of hydrogen-bond donors (Lipinski definition) is 4. The molecular formula is C15H14N4O2. The number of aromatic nitrogens is 2. The number of hydrazone groups is 1. The fourth-order valence-corrected chi connectivity index (χ4v) is 1.97. The van der Waals surface area contributed by atoms with E-state index in [9.17, 15) is 10.2 Å². The topological polar surface area (TPSA) is 93.5 Å². The first kappa shape index (κ1) is 13.0. The van der Waals surface area contributed by atoms with Crippen LogP contribution in [0.4, 0.5) is 5.95 Å². The predicted octanol–water partition coefficient (Wildman–Crippen LogP) is 2.73. The molecule has 106 valence electrons. The first-order chi connectivity index (χ1) is 10.1. The van der Waals surface area contributed by atoms with Gasteiger partial charge in [-0.25, -0.2) is 10.4 Å². The number of imidazole rings is 1. The third-order valence-corrected chi connectivity index (χ3v) is 3.02. The summed E-state index contributed by atoms with van der Waals surface area (Å²) >= 11 is 0. The van der Waals surface area contributed by atoms with E-state index in [-0.39, 0.29) is 11.5 Å². The Balaban J connectivity index is 1.76. The van der Waals surface area contributed by atoms with E-state index in [0.29, 0.717) is 11.5 Å². The molecule has 0 spiro atoms. The average molecular weight is 282 g/mol. The Hall–Kier alpha value is -3.02. The highest BCUT2D eigenvalue weighted by Gasteiger charge is 2.01. The minimum atomic E-state index is -0.182. The van der Waals surface area contributed by atoms with Crippen molar-refractivity contribution in [2.24, 2.45) is 5.10 Å². The van der Waals surface area contributed by atoms with Crippen LogP contribution in [0.25, 0.3) is 11.0 Å². The van der Waals surface area contributed by atoms with Gasteiger partial charge in [-0.05, 0) is 48.4 Å². The van der Waals surface area contributed by atoms with Gasteiger partial charge in [-0.2, -0.15) is 5.10 Å². The van der Waals surface area contributed by atoms with Crippen LogP contribution in [0.3, 0.4) is 0 Å². The minimum Gasteiger partial charge on any atom is -0.504 e. The van der Waals surface area contributed by atoms with Crippen molar-refractivity contribution in [3.63, 3.8) is 0 Å². The van der Waals surface area contributed by atoms with Crippen molar-refractivity contribution in [3.05, 3.63) is 47.5 Å². The van der Waals surface area contributed by atoms with Gasteiger partial charge >= 0.3 is 0 Å². The maximum absolute atomic E-state index is 9.39. The minimum absolute atomic E-state index is 0.159. The molecule has 1 heterocycles. The number of rotatable bonds is 3. The van der Waals surface area contributed by atoms with E-state index in [0.717, 1.165) is 16.6 Å². The number of nitrogens with zero attached hydrogens (tertiary/aromatic N) is 2. The number of anilines is 1. The van der Waals surface area contributed by atoms with Gasteiger partial charge in [0.2, 0.25) is 5.95 Å². The summed E-state index contributed by atoms with van der Waals surface area (Å²) in [5.74, 6) is 0.195. The van der Waals surface area contributed by atoms with Crippen LogP contribution < -0.4 is 5.43 Å². The number of aromatic hydroxyl groups is 2. The molecule has 4 N–H and O–H groups in total. The Kier molecular flexibility index (Phi) is 3.19. The van der Waals surface area contributed by atoms with Crippen LogP contribution >= 0.6 is 0 Å². The van der Waals surface area contributed by atoms with Gasteiger partial charge in [-0.15, -0.1) is 0 Å². The number of fused-ring (bicyclic) bond motifs is 1. The van der Waals surface area contributed by atoms with E-state index < -0.39 is 0 Å². The number of benzene rings is 2. The molecule has 3 aromatic rings. The highest BCUT2D eigenvalue weighted by atomic mass is 16.3. The third kappa shape index (κ3) is 2.79. The van der Waals surface area contributed by atoms with Crippen LogP contribution in [0, 0.1) is 6.92 Å². The number of aromatic amines is 1. The number of phenolic OH excluding ortho intramolecular Hbond substituents is 2. The van der Waals surface area contributed by atoms with Crippen LogP contribution in [0.5, 0.6) is 11.5 Å². The summed E-state index contributed by atoms with van der Waals surface area (Å²) in [7, 11) is 0. The van der Waals surface area contributed by atoms with E-state index in [1.807, 2.05) is 25.1 Å². The molecule has 0 atom stereocenters. The molecule has 3 rings (SSSR count). The molecule has 0 aliphatic heterocycles. The number of H-pyrrole nitrogens is 1. The van der Waals surface area contributed by atoms with Crippen LogP contribution in [0.2, 0.25) is 0 Å². The van der Waals surface area contributed by atoms with Crippen molar-refractivity contribution in [2.45, 2.75) is 6.92 Å². The third-order valence-electron chi connectivity index (χ3n) is 3.02. The quantitative estimate of drug-likeness (QED) is 0.337. The lowest BCUT2D eigenvalue weighted by molar-refractivity contribution is 0.403. The van der Waals surface area contributed by atoms with Crippen molar-refractivity contribution < 1.29 is 10.2 Å². The molecule has 0 aliphatic rings. The van der Waals surface area contributed by atoms with E-state index in [2.05, 4.69) is 20.5 Å². The van der Waals surface area contributed by atoms with Crippen molar-refractivity contribution in [1.29, 1.82) is 0 Å². The maximum atomic E-state index is 9.39. The van der Waals surface area contributed by atoms with E-state index in [1.165, 1.54) is 18.3 Å². The van der Waals surface area contributed by atoms with Crippen LogP contribution in [0.15, 0.2) is 41.5 Å². The number of hydrogen-bond acceptors (Lipinski definition) is 5. The Labute approximate surface area is 120 Å². The molecule has 6 nitrogen and oxygen atoms in total. The van der Waals surface area contributed by atoms with Crippen molar-refractivity contribution in [1.82, 2.24) is 9.97 Å². The lowest BCUT2D eigenvalue weighted by Crippen LogP contribution is -1.92. The van der Waals surface area contributed by atoms with Gasteiger partial charge in [0.1, 0.15) is 0 Å². The first-order valence-electron chi connectivity index (χ1n) is 6.39. The molecule has 0 unspecified atom stereocenters. The molecule has 21 heavy (non-hydrogen) atoms. The maximum Gasteiger partial charge on any atom is 0.222 e. The van der Waals surface area contributed by atoms with Crippen molar-refractivity contribution >= 4 is 23.2 Å². The zero-order chi connectivity index (χ0) is 14.8. The van der Waals surface area contributed by atoms with Crippen LogP contribution in [-0.2, 0) is 0 Å². The number of aryl methyl sites for hydroxylation is 1. The molecule has 1 aromatic heterocycles. The summed E-state index contributed by atoms with van der Waals surface area (Å²) in [6.45, 7) is 2.02. The molecule has 2 aromatic carbocycles. The van der Waals surface area contributed by atoms with Gasteiger partial charge in [-0.1, -0.05) is 6.07 Å². The van der Waals surface area contributed by atoms with E-state index >= 15 is 0 Å². The summed E-state index contributed by atoms with van der Waals surface area (Å²) < 4.78 is 0. The van der Waals surface area contributed by atoms with Gasteiger partial charge in [0.25, 0.3) is 0 Å². The number of nitrogens with one attached hydrogen (secondary N) is 2. The lowest BCUT2D eigenvalue weighted by Gasteiger charge is -1.98. The second kappa shape index (κ2) is 5.16. The first-order valence-corrected chi connectivity index (χ1v) is 6.39. The molecule has 0 saturated heterocycles. The zero-order valence-corrected chi connectivity index (χ0v) is 11.3. The normalized spacial score (nSPS) is 11.3. The van der Waals surface area contributed by atoms with Gasteiger partial charge in [0.15, 0.2) is 11.5 Å².